The number of hydrogen-bond donors (Lipinski definition) is 3. The third-order valence-electron chi connectivity index (χ3n) is 5.51. The Kier molecular flexibility index (Phi) is 6.01. The molecule has 1 unspecified atom stereocenters. The van der Waals surface area contributed by atoms with Crippen LogP contribution in [0.15, 0.2) is 48.7 Å². The van der Waals surface area contributed by atoms with Crippen molar-refractivity contribution in [3.63, 3.8) is 0 Å². The summed E-state index contributed by atoms with van der Waals surface area (Å²) in [5.41, 5.74) is 2.08. The highest BCUT2D eigenvalue weighted by molar-refractivity contribution is 6.30. The first-order valence-electron chi connectivity index (χ1n) is 9.98. The number of aromatic nitrogens is 2. The summed E-state index contributed by atoms with van der Waals surface area (Å²) in [6, 6.07) is 12.8. The van der Waals surface area contributed by atoms with E-state index in [1.54, 1.807) is 18.3 Å². The van der Waals surface area contributed by atoms with Crippen molar-refractivity contribution in [3.05, 3.63) is 65.1 Å². The highest BCUT2D eigenvalue weighted by atomic mass is 35.5. The van der Waals surface area contributed by atoms with Gasteiger partial charge in [-0.1, -0.05) is 41.9 Å². The van der Waals surface area contributed by atoms with Gasteiger partial charge in [-0.05, 0) is 31.2 Å². The zero-order valence-electron chi connectivity index (χ0n) is 16.7. The van der Waals surface area contributed by atoms with Crippen LogP contribution in [0.1, 0.15) is 22.5 Å². The van der Waals surface area contributed by atoms with E-state index in [2.05, 4.69) is 20.6 Å². The molecule has 156 valence electrons. The molecule has 2 amide bonds. The smallest absolute Gasteiger partial charge is 0.268 e. The number of nitrogens with one attached hydrogen (secondary N) is 3. The minimum atomic E-state index is -0.649. The molecule has 0 spiro atoms. The number of pyridine rings is 1. The normalized spacial score (nSPS) is 17.3. The number of aromatic amines is 1. The number of benzene rings is 1. The van der Waals surface area contributed by atoms with E-state index in [0.29, 0.717) is 35.9 Å². The number of likely N-dealkylation sites (N-methyl/N-ethyl adjacent to an activating group) is 1. The van der Waals surface area contributed by atoms with Crippen LogP contribution in [-0.2, 0) is 11.2 Å². The van der Waals surface area contributed by atoms with Gasteiger partial charge in [-0.25, -0.2) is 4.98 Å². The molecule has 4 rings (SSSR count). The number of rotatable bonds is 6. The number of nitrogens with zero attached hydrogens (tertiary/aromatic N) is 2. The Morgan fingerprint density at radius 1 is 1.30 bits per heavy atom. The molecular formula is C22H24ClN5O2. The molecule has 1 aliphatic rings. The number of halogens is 1. The van der Waals surface area contributed by atoms with Crippen molar-refractivity contribution in [2.75, 3.05) is 20.1 Å². The third kappa shape index (κ3) is 4.47. The molecule has 2 aromatic heterocycles. The first-order valence-corrected chi connectivity index (χ1v) is 10.4. The van der Waals surface area contributed by atoms with Crippen LogP contribution in [0.4, 0.5) is 0 Å². The van der Waals surface area contributed by atoms with Gasteiger partial charge in [-0.3, -0.25) is 9.59 Å². The number of carbonyl (C=O) groups excluding carboxylic acids is 2. The second-order valence-corrected chi connectivity index (χ2v) is 7.94. The molecule has 0 radical (unpaired) electrons. The summed E-state index contributed by atoms with van der Waals surface area (Å²) in [6.45, 7) is 1.33. The summed E-state index contributed by atoms with van der Waals surface area (Å²) in [4.78, 5) is 35.1. The third-order valence-corrected chi connectivity index (χ3v) is 5.72. The molecule has 7 nitrogen and oxygen atoms in total. The van der Waals surface area contributed by atoms with Gasteiger partial charge < -0.3 is 20.5 Å². The topological polar surface area (TPSA) is 90.1 Å². The maximum atomic E-state index is 13.2. The highest BCUT2D eigenvalue weighted by Crippen LogP contribution is 2.18. The standard InChI is InChI=1S/C22H24ClN5O2/c1-24-16-7-8-28(13-16)22(30)18(9-14-5-3-2-4-6-14)27-21(29)17-10-15-11-20(23)25-12-19(15)26-17/h2-6,10-12,16,18,24,26H,7-9,13H2,1H3,(H,27,29)/t16?,18-/m0/s1. The summed E-state index contributed by atoms with van der Waals surface area (Å²) in [6.07, 6.45) is 2.92. The minimum absolute atomic E-state index is 0.0641. The van der Waals surface area contributed by atoms with Gasteiger partial charge in [0.25, 0.3) is 5.91 Å². The lowest BCUT2D eigenvalue weighted by molar-refractivity contribution is -0.132. The summed E-state index contributed by atoms with van der Waals surface area (Å²) in [5, 5.41) is 7.31. The van der Waals surface area contributed by atoms with Crippen LogP contribution in [0.3, 0.4) is 0 Å². The van der Waals surface area contributed by atoms with Crippen LogP contribution in [0.2, 0.25) is 5.15 Å². The largest absolute Gasteiger partial charge is 0.349 e. The summed E-state index contributed by atoms with van der Waals surface area (Å²) in [7, 11) is 1.90. The van der Waals surface area contributed by atoms with Gasteiger partial charge in [-0.2, -0.15) is 0 Å². The van der Waals surface area contributed by atoms with Crippen molar-refractivity contribution in [2.24, 2.45) is 0 Å². The average molecular weight is 426 g/mol. The maximum Gasteiger partial charge on any atom is 0.268 e. The molecule has 0 saturated carbocycles. The van der Waals surface area contributed by atoms with E-state index in [1.165, 1.54) is 0 Å². The second-order valence-electron chi connectivity index (χ2n) is 7.55. The molecule has 3 N–H and O–H groups in total. The summed E-state index contributed by atoms with van der Waals surface area (Å²) >= 11 is 5.94. The van der Waals surface area contributed by atoms with Crippen molar-refractivity contribution in [1.82, 2.24) is 25.5 Å². The summed E-state index contributed by atoms with van der Waals surface area (Å²) < 4.78 is 0. The number of carbonyl (C=O) groups is 2. The van der Waals surface area contributed by atoms with Crippen LogP contribution in [0, 0.1) is 0 Å². The van der Waals surface area contributed by atoms with Crippen molar-refractivity contribution >= 4 is 34.3 Å². The highest BCUT2D eigenvalue weighted by Gasteiger charge is 2.31. The fourth-order valence-corrected chi connectivity index (χ4v) is 4.00. The number of hydrogen-bond acceptors (Lipinski definition) is 4. The minimum Gasteiger partial charge on any atom is -0.349 e. The zero-order valence-corrected chi connectivity index (χ0v) is 17.4. The second kappa shape index (κ2) is 8.85. The first-order chi connectivity index (χ1) is 14.5. The van der Waals surface area contributed by atoms with Crippen molar-refractivity contribution in [1.29, 1.82) is 0 Å². The predicted octanol–water partition coefficient (Wildman–Crippen LogP) is 2.38. The average Bonchev–Trinajstić information content (AvgIpc) is 3.40. The van der Waals surface area contributed by atoms with Gasteiger partial charge in [0, 0.05) is 30.9 Å². The van der Waals surface area contributed by atoms with Gasteiger partial charge in [0.05, 0.1) is 11.7 Å². The van der Waals surface area contributed by atoms with Gasteiger partial charge in [0.15, 0.2) is 0 Å². The molecule has 2 atom stereocenters. The Morgan fingerprint density at radius 3 is 2.83 bits per heavy atom. The predicted molar refractivity (Wildman–Crippen MR) is 117 cm³/mol. The summed E-state index contributed by atoms with van der Waals surface area (Å²) in [5.74, 6) is -0.397. The zero-order chi connectivity index (χ0) is 21.1. The van der Waals surface area contributed by atoms with E-state index in [-0.39, 0.29) is 17.9 Å². The Balaban J connectivity index is 1.54. The Hall–Kier alpha value is -2.90. The molecule has 1 fully saturated rings. The number of likely N-dealkylation sites (tertiary alicyclic amines) is 1. The molecule has 3 heterocycles. The van der Waals surface area contributed by atoms with Gasteiger partial charge in [0.1, 0.15) is 16.9 Å². The van der Waals surface area contributed by atoms with Crippen LogP contribution in [-0.4, -0.2) is 58.9 Å². The fourth-order valence-electron chi connectivity index (χ4n) is 3.83. The Bertz CT molecular complexity index is 1050. The van der Waals surface area contributed by atoms with Crippen LogP contribution in [0.25, 0.3) is 10.9 Å². The Labute approximate surface area is 179 Å². The number of amides is 2. The van der Waals surface area contributed by atoms with Crippen molar-refractivity contribution < 1.29 is 9.59 Å². The van der Waals surface area contributed by atoms with E-state index in [9.17, 15) is 9.59 Å². The number of fused-ring (bicyclic) bond motifs is 1. The fraction of sp³-hybridized carbons (Fsp3) is 0.318. The molecular weight excluding hydrogens is 402 g/mol. The molecule has 3 aromatic rings. The van der Waals surface area contributed by atoms with E-state index in [0.717, 1.165) is 17.4 Å². The van der Waals surface area contributed by atoms with Gasteiger partial charge in [-0.15, -0.1) is 0 Å². The molecule has 1 aromatic carbocycles. The maximum absolute atomic E-state index is 13.2. The lowest BCUT2D eigenvalue weighted by atomic mass is 10.0. The van der Waals surface area contributed by atoms with Crippen molar-refractivity contribution in [2.45, 2.75) is 24.9 Å². The van der Waals surface area contributed by atoms with E-state index < -0.39 is 6.04 Å². The molecule has 0 aliphatic carbocycles. The molecule has 8 heteroatoms. The molecule has 1 aliphatic heterocycles. The van der Waals surface area contributed by atoms with E-state index in [1.807, 2.05) is 42.3 Å². The van der Waals surface area contributed by atoms with Crippen molar-refractivity contribution in [3.8, 4) is 0 Å². The Morgan fingerprint density at radius 2 is 2.10 bits per heavy atom. The quantitative estimate of drug-likeness (QED) is 0.529. The van der Waals surface area contributed by atoms with Gasteiger partial charge >= 0.3 is 0 Å². The SMILES string of the molecule is CNC1CCN(C(=O)[C@H](Cc2ccccc2)NC(=O)c2cc3cc(Cl)ncc3[nH]2)C1. The first kappa shape index (κ1) is 20.4. The monoisotopic (exact) mass is 425 g/mol. The lowest BCUT2D eigenvalue weighted by Crippen LogP contribution is -2.49. The van der Waals surface area contributed by atoms with Crippen LogP contribution < -0.4 is 10.6 Å². The molecule has 30 heavy (non-hydrogen) atoms. The molecule has 0 bridgehead atoms. The number of H-pyrrole nitrogens is 1. The van der Waals surface area contributed by atoms with Crippen LogP contribution >= 0.6 is 11.6 Å². The van der Waals surface area contributed by atoms with E-state index in [4.69, 9.17) is 11.6 Å². The molecule has 1 saturated heterocycles. The lowest BCUT2D eigenvalue weighted by Gasteiger charge is -2.24. The van der Waals surface area contributed by atoms with E-state index >= 15 is 0 Å². The van der Waals surface area contributed by atoms with Crippen LogP contribution in [0.5, 0.6) is 0 Å². The van der Waals surface area contributed by atoms with Gasteiger partial charge in [0.2, 0.25) is 5.91 Å².